The smallest absolute Gasteiger partial charge is 0.00362 e. The maximum Gasteiger partial charge on any atom is -0.00362 e. The highest BCUT2D eigenvalue weighted by atomic mass is 14.7. The minimum Gasteiger partial charge on any atom is -0.0985 e. The van der Waals surface area contributed by atoms with E-state index in [0.29, 0.717) is 10.8 Å². The van der Waals surface area contributed by atoms with E-state index in [1.807, 2.05) is 6.08 Å². The largest absolute Gasteiger partial charge is 0.0985 e. The van der Waals surface area contributed by atoms with E-state index in [2.05, 4.69) is 30.8 Å². The molecule has 0 radical (unpaired) electrons. The van der Waals surface area contributed by atoms with E-state index in [1.54, 1.807) is 63.4 Å². The summed E-state index contributed by atoms with van der Waals surface area (Å²) in [5.41, 5.74) is 4.91. The van der Waals surface area contributed by atoms with Gasteiger partial charge in [0.15, 0.2) is 0 Å². The van der Waals surface area contributed by atoms with Crippen LogP contribution in [-0.4, -0.2) is 0 Å². The summed E-state index contributed by atoms with van der Waals surface area (Å²) in [6, 6.07) is 9.63. The summed E-state index contributed by atoms with van der Waals surface area (Å²) >= 11 is 0. The summed E-state index contributed by atoms with van der Waals surface area (Å²) in [7, 11) is 0. The Bertz CT molecular complexity index is 762. The van der Waals surface area contributed by atoms with E-state index in [4.69, 9.17) is 0 Å². The predicted molar refractivity (Wildman–Crippen MR) is 116 cm³/mol. The van der Waals surface area contributed by atoms with Gasteiger partial charge in [0.05, 0.1) is 0 Å². The summed E-state index contributed by atoms with van der Waals surface area (Å²) in [5.74, 6) is 5.34. The second-order valence-corrected chi connectivity index (χ2v) is 12.5. The number of rotatable bonds is 3. The number of benzene rings is 1. The quantitative estimate of drug-likeness (QED) is 0.519. The van der Waals surface area contributed by atoms with E-state index < -0.39 is 0 Å². The Kier molecular flexibility index (Phi) is 3.20. The molecule has 0 nitrogen and oxygen atoms in total. The van der Waals surface area contributed by atoms with Gasteiger partial charge < -0.3 is 0 Å². The van der Waals surface area contributed by atoms with Crippen LogP contribution in [0, 0.1) is 40.4 Å². The van der Waals surface area contributed by atoms with Gasteiger partial charge in [0, 0.05) is 0 Å². The van der Waals surface area contributed by atoms with Crippen molar-refractivity contribution in [1.29, 1.82) is 0 Å². The van der Waals surface area contributed by atoms with Crippen molar-refractivity contribution in [3.8, 4) is 0 Å². The van der Waals surface area contributed by atoms with Gasteiger partial charge in [-0.25, -0.2) is 0 Å². The second-order valence-electron chi connectivity index (χ2n) is 12.5. The molecule has 8 saturated carbocycles. The molecular weight excluding hydrogens is 336 g/mol. The Morgan fingerprint density at radius 2 is 1.14 bits per heavy atom. The Hall–Kier alpha value is -1.04. The molecule has 8 aliphatic carbocycles. The lowest BCUT2D eigenvalue weighted by atomic mass is 9.32. The molecule has 1 aromatic rings. The van der Waals surface area contributed by atoms with Crippen LogP contribution >= 0.6 is 0 Å². The third-order valence-electron chi connectivity index (χ3n) is 11.0. The molecule has 0 heteroatoms. The average Bonchev–Trinajstić information content (AvgIpc) is 2.66. The number of hydrogen-bond acceptors (Lipinski definition) is 0. The fraction of sp³-hybridized carbons (Fsp3) is 0.714. The van der Waals surface area contributed by atoms with Crippen molar-refractivity contribution in [3.05, 3.63) is 42.0 Å². The van der Waals surface area contributed by atoms with Crippen LogP contribution in [0.15, 0.2) is 30.8 Å². The highest BCUT2D eigenvalue weighted by Gasteiger charge is 2.67. The molecule has 0 aliphatic heterocycles. The zero-order valence-electron chi connectivity index (χ0n) is 17.5. The third-order valence-corrected chi connectivity index (χ3v) is 11.0. The average molecular weight is 373 g/mol. The molecule has 0 spiro atoms. The third kappa shape index (κ3) is 2.08. The fourth-order valence-corrected chi connectivity index (χ4v) is 11.0. The van der Waals surface area contributed by atoms with Gasteiger partial charge in [0.1, 0.15) is 0 Å². The van der Waals surface area contributed by atoms with E-state index >= 15 is 0 Å². The van der Waals surface area contributed by atoms with Gasteiger partial charge in [-0.05, 0) is 134 Å². The van der Waals surface area contributed by atoms with Crippen LogP contribution in [0.2, 0.25) is 0 Å². The first-order chi connectivity index (χ1) is 13.6. The van der Waals surface area contributed by atoms with E-state index in [-0.39, 0.29) is 0 Å². The maximum absolute atomic E-state index is 3.97. The van der Waals surface area contributed by atoms with Gasteiger partial charge in [-0.2, -0.15) is 0 Å². The SMILES string of the molecule is C=Cc1ccc(C23CC4CC(C2)CC(C25CC6CC(CC(C6)C2)C5)(C4)C3)cc1. The van der Waals surface area contributed by atoms with Crippen molar-refractivity contribution in [3.63, 3.8) is 0 Å². The van der Waals surface area contributed by atoms with Crippen molar-refractivity contribution < 1.29 is 0 Å². The topological polar surface area (TPSA) is 0 Å². The van der Waals surface area contributed by atoms with Gasteiger partial charge in [-0.15, -0.1) is 0 Å². The molecule has 1 aromatic carbocycles. The number of hydrogen-bond donors (Lipinski definition) is 0. The first-order valence-corrected chi connectivity index (χ1v) is 12.3. The molecule has 0 amide bonds. The lowest BCUT2D eigenvalue weighted by Gasteiger charge is -2.72. The van der Waals surface area contributed by atoms with Crippen molar-refractivity contribution in [2.45, 2.75) is 82.5 Å². The van der Waals surface area contributed by atoms with E-state index in [9.17, 15) is 0 Å². The molecule has 0 heterocycles. The lowest BCUT2D eigenvalue weighted by molar-refractivity contribution is -0.205. The molecule has 0 aromatic heterocycles. The van der Waals surface area contributed by atoms with E-state index in [0.717, 1.165) is 35.0 Å². The standard InChI is InChI=1S/C28H36/c1-2-19-3-5-25(6-4-19)26-11-23-10-24(12-26)17-28(16-23,18-26)27-13-20-7-21(14-27)9-22(8-20)15-27/h2-6,20-24H,1,7-18H2. The minimum absolute atomic E-state index is 0.507. The van der Waals surface area contributed by atoms with Crippen molar-refractivity contribution in [2.24, 2.45) is 40.4 Å². The van der Waals surface area contributed by atoms with Gasteiger partial charge >= 0.3 is 0 Å². The molecule has 0 saturated heterocycles. The molecule has 2 atom stereocenters. The highest BCUT2D eigenvalue weighted by Crippen LogP contribution is 2.77. The molecular formula is C28H36. The highest BCUT2D eigenvalue weighted by molar-refractivity contribution is 5.48. The first kappa shape index (κ1) is 16.7. The summed E-state index contributed by atoms with van der Waals surface area (Å²) in [6.07, 6.45) is 20.9. The van der Waals surface area contributed by atoms with Crippen LogP contribution in [0.3, 0.4) is 0 Å². The first-order valence-electron chi connectivity index (χ1n) is 12.3. The van der Waals surface area contributed by atoms with Gasteiger partial charge in [0.25, 0.3) is 0 Å². The van der Waals surface area contributed by atoms with Crippen molar-refractivity contribution in [2.75, 3.05) is 0 Å². The molecule has 28 heavy (non-hydrogen) atoms. The molecule has 8 fully saturated rings. The zero-order valence-corrected chi connectivity index (χ0v) is 17.5. The van der Waals surface area contributed by atoms with Crippen LogP contribution in [0.25, 0.3) is 6.08 Å². The normalized spacial score (nSPS) is 52.9. The minimum atomic E-state index is 0.507. The predicted octanol–water partition coefficient (Wildman–Crippen LogP) is 7.38. The molecule has 9 rings (SSSR count). The van der Waals surface area contributed by atoms with Gasteiger partial charge in [-0.3, -0.25) is 0 Å². The Morgan fingerprint density at radius 1 is 0.643 bits per heavy atom. The molecule has 148 valence electrons. The van der Waals surface area contributed by atoms with Gasteiger partial charge in [0.2, 0.25) is 0 Å². The van der Waals surface area contributed by atoms with Crippen LogP contribution < -0.4 is 0 Å². The lowest BCUT2D eigenvalue weighted by Crippen LogP contribution is -2.63. The summed E-state index contributed by atoms with van der Waals surface area (Å²) < 4.78 is 0. The Labute approximate surface area is 171 Å². The van der Waals surface area contributed by atoms with Crippen LogP contribution in [0.4, 0.5) is 0 Å². The summed E-state index contributed by atoms with van der Waals surface area (Å²) in [6.45, 7) is 3.97. The van der Waals surface area contributed by atoms with Crippen LogP contribution in [0.1, 0.15) is 88.2 Å². The molecule has 2 unspecified atom stereocenters. The van der Waals surface area contributed by atoms with Crippen molar-refractivity contribution in [1.82, 2.24) is 0 Å². The fourth-order valence-electron chi connectivity index (χ4n) is 11.0. The Morgan fingerprint density at radius 3 is 1.68 bits per heavy atom. The molecule has 0 N–H and O–H groups in total. The second kappa shape index (κ2) is 5.35. The monoisotopic (exact) mass is 372 g/mol. The maximum atomic E-state index is 3.97. The molecule has 8 aliphatic rings. The zero-order chi connectivity index (χ0) is 18.6. The summed E-state index contributed by atoms with van der Waals surface area (Å²) in [4.78, 5) is 0. The van der Waals surface area contributed by atoms with Gasteiger partial charge in [-0.1, -0.05) is 36.9 Å². The summed E-state index contributed by atoms with van der Waals surface area (Å²) in [5, 5.41) is 0. The van der Waals surface area contributed by atoms with Crippen molar-refractivity contribution >= 4 is 6.08 Å². The molecule has 8 bridgehead atoms. The Balaban J connectivity index is 1.31. The van der Waals surface area contributed by atoms with Crippen LogP contribution in [0.5, 0.6) is 0 Å². The van der Waals surface area contributed by atoms with Crippen LogP contribution in [-0.2, 0) is 5.41 Å². The van der Waals surface area contributed by atoms with E-state index in [1.165, 1.54) is 24.8 Å².